The second kappa shape index (κ2) is 8.01. The predicted octanol–water partition coefficient (Wildman–Crippen LogP) is 4.41. The molecule has 1 atom stereocenters. The summed E-state index contributed by atoms with van der Waals surface area (Å²) in [5.41, 5.74) is 0.700. The highest BCUT2D eigenvalue weighted by Crippen LogP contribution is 2.29. The van der Waals surface area contributed by atoms with E-state index < -0.39 is 12.1 Å². The molecule has 1 aromatic heterocycles. The van der Waals surface area contributed by atoms with Crippen LogP contribution in [0.25, 0.3) is 10.9 Å². The third-order valence-electron chi connectivity index (χ3n) is 3.53. The number of fused-ring (bicyclic) bond motifs is 1. The first kappa shape index (κ1) is 17.9. The van der Waals surface area contributed by atoms with E-state index in [1.165, 1.54) is 6.33 Å². The number of hydrogen-bond donors (Lipinski definition) is 0. The maximum absolute atomic E-state index is 11.6. The van der Waals surface area contributed by atoms with Crippen LogP contribution in [0.2, 0.25) is 5.02 Å². The van der Waals surface area contributed by atoms with Gasteiger partial charge in [-0.3, -0.25) is 0 Å². The summed E-state index contributed by atoms with van der Waals surface area (Å²) in [6.45, 7) is 3.71. The molecule has 7 heteroatoms. The zero-order valence-electron chi connectivity index (χ0n) is 14.3. The first-order valence-corrected chi connectivity index (χ1v) is 8.46. The Morgan fingerprint density at radius 3 is 2.58 bits per heavy atom. The van der Waals surface area contributed by atoms with Crippen molar-refractivity contribution in [2.24, 2.45) is 0 Å². The third-order valence-corrected chi connectivity index (χ3v) is 3.77. The number of nitrogens with zero attached hydrogens (tertiary/aromatic N) is 2. The van der Waals surface area contributed by atoms with Gasteiger partial charge in [-0.2, -0.15) is 0 Å². The van der Waals surface area contributed by atoms with Crippen LogP contribution in [0.4, 0.5) is 0 Å². The maximum Gasteiger partial charge on any atom is 0.347 e. The second-order valence-electron chi connectivity index (χ2n) is 5.43. The summed E-state index contributed by atoms with van der Waals surface area (Å²) in [7, 11) is 0. The molecule has 0 N–H and O–H groups in total. The number of esters is 1. The lowest BCUT2D eigenvalue weighted by atomic mass is 10.2. The second-order valence-corrected chi connectivity index (χ2v) is 5.86. The van der Waals surface area contributed by atoms with Crippen molar-refractivity contribution in [3.05, 3.63) is 53.8 Å². The number of ether oxygens (including phenoxy) is 3. The largest absolute Gasteiger partial charge is 0.479 e. The first-order chi connectivity index (χ1) is 12.6. The number of carbonyl (C=O) groups excluding carboxylic acids is 1. The topological polar surface area (TPSA) is 70.5 Å². The Bertz CT molecular complexity index is 915. The fourth-order valence-corrected chi connectivity index (χ4v) is 2.46. The van der Waals surface area contributed by atoms with Crippen molar-refractivity contribution in [3.63, 3.8) is 0 Å². The molecule has 0 amide bonds. The van der Waals surface area contributed by atoms with Crippen molar-refractivity contribution >= 4 is 28.5 Å². The van der Waals surface area contributed by atoms with E-state index >= 15 is 0 Å². The molecule has 26 heavy (non-hydrogen) atoms. The van der Waals surface area contributed by atoms with Crippen molar-refractivity contribution in [2.45, 2.75) is 20.0 Å². The Hall–Kier alpha value is -2.86. The van der Waals surface area contributed by atoms with Crippen LogP contribution in [-0.2, 0) is 9.53 Å². The fraction of sp³-hybridized carbons (Fsp3) is 0.211. The molecule has 3 aromatic rings. The van der Waals surface area contributed by atoms with E-state index in [-0.39, 0.29) is 0 Å². The highest BCUT2D eigenvalue weighted by molar-refractivity contribution is 6.31. The average Bonchev–Trinajstić information content (AvgIpc) is 2.63. The summed E-state index contributed by atoms with van der Waals surface area (Å²) in [5, 5.41) is 1.35. The van der Waals surface area contributed by atoms with Gasteiger partial charge < -0.3 is 14.2 Å². The predicted molar refractivity (Wildman–Crippen MR) is 97.8 cm³/mol. The first-order valence-electron chi connectivity index (χ1n) is 8.08. The smallest absolute Gasteiger partial charge is 0.347 e. The minimum atomic E-state index is -0.683. The number of carbonyl (C=O) groups is 1. The van der Waals surface area contributed by atoms with Crippen LogP contribution in [0.1, 0.15) is 13.8 Å². The Morgan fingerprint density at radius 1 is 1.12 bits per heavy atom. The van der Waals surface area contributed by atoms with Crippen LogP contribution >= 0.6 is 11.6 Å². The number of aromatic nitrogens is 2. The van der Waals surface area contributed by atoms with Gasteiger partial charge in [-0.05, 0) is 56.3 Å². The fourth-order valence-electron chi connectivity index (χ4n) is 2.30. The molecule has 0 radical (unpaired) electrons. The minimum Gasteiger partial charge on any atom is -0.479 e. The molecule has 0 saturated carbocycles. The van der Waals surface area contributed by atoms with Crippen LogP contribution < -0.4 is 9.47 Å². The van der Waals surface area contributed by atoms with Crippen LogP contribution in [0.3, 0.4) is 0 Å². The SMILES string of the molecule is CCOC(=O)C(C)Oc1ccc(Oc2ncnc3cc(Cl)ccc23)cc1. The number of halogens is 1. The van der Waals surface area contributed by atoms with E-state index in [0.717, 1.165) is 5.39 Å². The van der Waals surface area contributed by atoms with E-state index in [4.69, 9.17) is 25.8 Å². The van der Waals surface area contributed by atoms with Crippen LogP contribution in [0.15, 0.2) is 48.8 Å². The van der Waals surface area contributed by atoms with Gasteiger partial charge in [0, 0.05) is 5.02 Å². The van der Waals surface area contributed by atoms with Gasteiger partial charge in [-0.15, -0.1) is 0 Å². The van der Waals surface area contributed by atoms with Crippen molar-refractivity contribution in [1.29, 1.82) is 0 Å². The van der Waals surface area contributed by atoms with Crippen LogP contribution in [-0.4, -0.2) is 28.6 Å². The molecule has 0 saturated heterocycles. The summed E-state index contributed by atoms with van der Waals surface area (Å²) < 4.78 is 16.3. The van der Waals surface area contributed by atoms with Crippen LogP contribution in [0.5, 0.6) is 17.4 Å². The third kappa shape index (κ3) is 4.21. The normalized spacial score (nSPS) is 11.8. The number of hydrogen-bond acceptors (Lipinski definition) is 6. The molecule has 1 unspecified atom stereocenters. The molecule has 3 rings (SSSR count). The van der Waals surface area contributed by atoms with Gasteiger partial charge in [0.1, 0.15) is 17.8 Å². The molecule has 6 nitrogen and oxygen atoms in total. The Morgan fingerprint density at radius 2 is 1.85 bits per heavy atom. The molecule has 0 aliphatic rings. The lowest BCUT2D eigenvalue weighted by Gasteiger charge is -2.13. The molecule has 2 aromatic carbocycles. The van der Waals surface area contributed by atoms with E-state index in [1.807, 2.05) is 6.07 Å². The summed E-state index contributed by atoms with van der Waals surface area (Å²) in [6, 6.07) is 12.2. The zero-order valence-corrected chi connectivity index (χ0v) is 15.1. The highest BCUT2D eigenvalue weighted by Gasteiger charge is 2.15. The molecule has 0 aliphatic carbocycles. The van der Waals surface area contributed by atoms with Gasteiger partial charge in [-0.1, -0.05) is 11.6 Å². The molecule has 0 aliphatic heterocycles. The molecule has 0 spiro atoms. The quantitative estimate of drug-likeness (QED) is 0.597. The van der Waals surface area contributed by atoms with Crippen LogP contribution in [0, 0.1) is 0 Å². The highest BCUT2D eigenvalue weighted by atomic mass is 35.5. The van der Waals surface area contributed by atoms with E-state index in [9.17, 15) is 4.79 Å². The molecule has 1 heterocycles. The van der Waals surface area contributed by atoms with Gasteiger partial charge >= 0.3 is 5.97 Å². The molecule has 134 valence electrons. The van der Waals surface area contributed by atoms with Crippen molar-refractivity contribution in [3.8, 4) is 17.4 Å². The van der Waals surface area contributed by atoms with Crippen molar-refractivity contribution in [1.82, 2.24) is 9.97 Å². The van der Waals surface area contributed by atoms with E-state index in [2.05, 4.69) is 9.97 Å². The summed E-state index contributed by atoms with van der Waals surface area (Å²) >= 11 is 5.98. The maximum atomic E-state index is 11.6. The van der Waals surface area contributed by atoms with Gasteiger partial charge in [0.15, 0.2) is 6.10 Å². The lowest BCUT2D eigenvalue weighted by molar-refractivity contribution is -0.150. The Balaban J connectivity index is 1.73. The monoisotopic (exact) mass is 372 g/mol. The average molecular weight is 373 g/mol. The van der Waals surface area contributed by atoms with Gasteiger partial charge in [0.2, 0.25) is 5.88 Å². The van der Waals surface area contributed by atoms with Gasteiger partial charge in [0.25, 0.3) is 0 Å². The Labute approximate surface area is 155 Å². The number of benzene rings is 2. The summed E-state index contributed by atoms with van der Waals surface area (Å²) in [5.74, 6) is 1.15. The van der Waals surface area contributed by atoms with E-state index in [1.54, 1.807) is 50.2 Å². The summed E-state index contributed by atoms with van der Waals surface area (Å²) in [6.07, 6.45) is 0.740. The number of rotatable bonds is 6. The lowest BCUT2D eigenvalue weighted by Crippen LogP contribution is -2.25. The standard InChI is InChI=1S/C19H17ClN2O4/c1-3-24-19(23)12(2)25-14-5-7-15(8-6-14)26-18-16-9-4-13(20)10-17(16)21-11-22-18/h4-12H,3H2,1-2H3. The minimum absolute atomic E-state index is 0.317. The molecule has 0 bridgehead atoms. The molecular weight excluding hydrogens is 356 g/mol. The zero-order chi connectivity index (χ0) is 18.5. The molecular formula is C19H17ClN2O4. The van der Waals surface area contributed by atoms with Gasteiger partial charge in [-0.25, -0.2) is 14.8 Å². The van der Waals surface area contributed by atoms with Crippen molar-refractivity contribution in [2.75, 3.05) is 6.61 Å². The van der Waals surface area contributed by atoms with Gasteiger partial charge in [0.05, 0.1) is 17.5 Å². The van der Waals surface area contributed by atoms with Crippen molar-refractivity contribution < 1.29 is 19.0 Å². The summed E-state index contributed by atoms with van der Waals surface area (Å²) in [4.78, 5) is 20.0. The Kier molecular flexibility index (Phi) is 5.53. The molecule has 0 fully saturated rings. The van der Waals surface area contributed by atoms with E-state index in [0.29, 0.717) is 34.5 Å².